The number of carbonyl (C=O) groups excluding carboxylic acids is 1. The number of benzene rings is 1. The highest BCUT2D eigenvalue weighted by Crippen LogP contribution is 2.17. The summed E-state index contributed by atoms with van der Waals surface area (Å²) in [5, 5.41) is 9.61. The largest absolute Gasteiger partial charge is 0.497 e. The number of hydrogen-bond acceptors (Lipinski definition) is 8. The van der Waals surface area contributed by atoms with Gasteiger partial charge in [0.1, 0.15) is 41.2 Å². The predicted molar refractivity (Wildman–Crippen MR) is 102 cm³/mol. The molecule has 3 rings (SSSR count). The van der Waals surface area contributed by atoms with Crippen LogP contribution in [0.25, 0.3) is 0 Å². The van der Waals surface area contributed by atoms with Crippen molar-refractivity contribution in [3.8, 4) is 11.5 Å². The molecule has 146 valence electrons. The van der Waals surface area contributed by atoms with E-state index in [0.29, 0.717) is 42.1 Å². The number of amides is 1. The first-order valence-corrected chi connectivity index (χ1v) is 8.64. The summed E-state index contributed by atoms with van der Waals surface area (Å²) in [6, 6.07) is 10.5. The van der Waals surface area contributed by atoms with E-state index in [1.165, 1.54) is 0 Å². The highest BCUT2D eigenvalue weighted by molar-refractivity contribution is 5.93. The predicted octanol–water partition coefficient (Wildman–Crippen LogP) is 2.64. The first kappa shape index (κ1) is 19.2. The monoisotopic (exact) mass is 383 g/mol. The maximum absolute atomic E-state index is 12.4. The zero-order chi connectivity index (χ0) is 19.9. The standard InChI is InChI=1S/C19H21N5O4/c1-12-10-18(24-28-12)23-17-11-16(21-13(2)22-17)19(25)20-8-9-27-15-6-4-14(26-3)5-7-15/h4-7,10-11H,8-9H2,1-3H3,(H,20,25)(H,21,22,23,24). The fourth-order valence-corrected chi connectivity index (χ4v) is 2.40. The lowest BCUT2D eigenvalue weighted by Crippen LogP contribution is -2.29. The fraction of sp³-hybridized carbons (Fsp3) is 0.263. The second-order valence-electron chi connectivity index (χ2n) is 5.91. The molecule has 0 aliphatic carbocycles. The van der Waals surface area contributed by atoms with Crippen molar-refractivity contribution in [2.45, 2.75) is 13.8 Å². The van der Waals surface area contributed by atoms with Crippen LogP contribution in [0.15, 0.2) is 40.9 Å². The summed E-state index contributed by atoms with van der Waals surface area (Å²) in [6.45, 7) is 4.16. The van der Waals surface area contributed by atoms with Crippen molar-refractivity contribution in [3.63, 3.8) is 0 Å². The Labute approximate surface area is 162 Å². The topological polar surface area (TPSA) is 111 Å². The molecule has 0 saturated heterocycles. The Balaban J connectivity index is 1.53. The highest BCUT2D eigenvalue weighted by Gasteiger charge is 2.11. The van der Waals surface area contributed by atoms with Crippen LogP contribution >= 0.6 is 0 Å². The Kier molecular flexibility index (Phi) is 6.05. The van der Waals surface area contributed by atoms with Crippen LogP contribution in [-0.2, 0) is 0 Å². The molecule has 0 saturated carbocycles. The number of nitrogens with zero attached hydrogens (tertiary/aromatic N) is 3. The van der Waals surface area contributed by atoms with E-state index in [9.17, 15) is 4.79 Å². The summed E-state index contributed by atoms with van der Waals surface area (Å²) >= 11 is 0. The van der Waals surface area contributed by atoms with Crippen LogP contribution in [-0.4, -0.2) is 41.3 Å². The molecular weight excluding hydrogens is 362 g/mol. The lowest BCUT2D eigenvalue weighted by atomic mass is 10.3. The van der Waals surface area contributed by atoms with Gasteiger partial charge < -0.3 is 24.6 Å². The highest BCUT2D eigenvalue weighted by atomic mass is 16.5. The lowest BCUT2D eigenvalue weighted by molar-refractivity contribution is 0.0941. The van der Waals surface area contributed by atoms with E-state index in [4.69, 9.17) is 14.0 Å². The third kappa shape index (κ3) is 5.19. The fourth-order valence-electron chi connectivity index (χ4n) is 2.40. The summed E-state index contributed by atoms with van der Waals surface area (Å²) < 4.78 is 15.7. The van der Waals surface area contributed by atoms with Crippen molar-refractivity contribution in [2.24, 2.45) is 0 Å². The van der Waals surface area contributed by atoms with Crippen LogP contribution < -0.4 is 20.1 Å². The lowest BCUT2D eigenvalue weighted by Gasteiger charge is -2.09. The van der Waals surface area contributed by atoms with Crippen molar-refractivity contribution in [3.05, 3.63) is 53.7 Å². The molecule has 0 aliphatic rings. The molecule has 0 atom stereocenters. The average Bonchev–Trinajstić information content (AvgIpc) is 3.09. The SMILES string of the molecule is COc1ccc(OCCNC(=O)c2cc(Nc3cc(C)on3)nc(C)n2)cc1. The van der Waals surface area contributed by atoms with E-state index in [-0.39, 0.29) is 11.6 Å². The molecule has 0 radical (unpaired) electrons. The van der Waals surface area contributed by atoms with Crippen molar-refractivity contribution in [1.29, 1.82) is 0 Å². The van der Waals surface area contributed by atoms with Crippen molar-refractivity contribution < 1.29 is 18.8 Å². The van der Waals surface area contributed by atoms with Crippen LogP contribution in [0.4, 0.5) is 11.6 Å². The van der Waals surface area contributed by atoms with Gasteiger partial charge in [-0.25, -0.2) is 9.97 Å². The maximum atomic E-state index is 12.4. The van der Waals surface area contributed by atoms with Crippen molar-refractivity contribution >= 4 is 17.5 Å². The first-order chi connectivity index (χ1) is 13.5. The first-order valence-electron chi connectivity index (χ1n) is 8.64. The molecule has 1 amide bonds. The van der Waals surface area contributed by atoms with E-state index in [2.05, 4.69) is 25.8 Å². The number of carbonyl (C=O) groups is 1. The Morgan fingerprint density at radius 1 is 1.07 bits per heavy atom. The molecule has 2 heterocycles. The summed E-state index contributed by atoms with van der Waals surface area (Å²) in [5.74, 6) is 3.23. The molecular formula is C19H21N5O4. The number of aryl methyl sites for hydroxylation is 2. The summed E-state index contributed by atoms with van der Waals surface area (Å²) in [7, 11) is 1.61. The van der Waals surface area contributed by atoms with Gasteiger partial charge in [0.15, 0.2) is 5.82 Å². The summed E-state index contributed by atoms with van der Waals surface area (Å²) in [4.78, 5) is 20.8. The van der Waals surface area contributed by atoms with E-state index in [1.54, 1.807) is 45.2 Å². The molecule has 9 nitrogen and oxygen atoms in total. The quantitative estimate of drug-likeness (QED) is 0.571. The molecule has 0 bridgehead atoms. The van der Waals surface area contributed by atoms with Gasteiger partial charge in [0.05, 0.1) is 13.7 Å². The Bertz CT molecular complexity index is 940. The third-order valence-electron chi connectivity index (χ3n) is 3.67. The van der Waals surface area contributed by atoms with Gasteiger partial charge in [-0.15, -0.1) is 0 Å². The Hall–Kier alpha value is -3.62. The van der Waals surface area contributed by atoms with Gasteiger partial charge >= 0.3 is 0 Å². The number of ether oxygens (including phenoxy) is 2. The molecule has 0 fully saturated rings. The zero-order valence-electron chi connectivity index (χ0n) is 15.9. The van der Waals surface area contributed by atoms with Crippen LogP contribution in [0.2, 0.25) is 0 Å². The van der Waals surface area contributed by atoms with E-state index in [1.807, 2.05) is 12.1 Å². The van der Waals surface area contributed by atoms with Gasteiger partial charge in [0.25, 0.3) is 5.91 Å². The number of methoxy groups -OCH3 is 1. The van der Waals surface area contributed by atoms with Crippen LogP contribution in [0.1, 0.15) is 22.1 Å². The second kappa shape index (κ2) is 8.85. The molecule has 1 aromatic carbocycles. The number of anilines is 2. The molecule has 9 heteroatoms. The summed E-state index contributed by atoms with van der Waals surface area (Å²) in [5.41, 5.74) is 0.250. The van der Waals surface area contributed by atoms with Gasteiger partial charge in [-0.1, -0.05) is 5.16 Å². The van der Waals surface area contributed by atoms with E-state index >= 15 is 0 Å². The van der Waals surface area contributed by atoms with Gasteiger partial charge in [0.2, 0.25) is 0 Å². The number of nitrogens with one attached hydrogen (secondary N) is 2. The maximum Gasteiger partial charge on any atom is 0.270 e. The van der Waals surface area contributed by atoms with Crippen molar-refractivity contribution in [2.75, 3.05) is 25.6 Å². The number of rotatable bonds is 8. The second-order valence-corrected chi connectivity index (χ2v) is 5.91. The average molecular weight is 383 g/mol. The Morgan fingerprint density at radius 3 is 2.50 bits per heavy atom. The summed E-state index contributed by atoms with van der Waals surface area (Å²) in [6.07, 6.45) is 0. The molecule has 3 aromatic rings. The molecule has 2 N–H and O–H groups in total. The minimum absolute atomic E-state index is 0.250. The van der Waals surface area contributed by atoms with Crippen LogP contribution in [0.5, 0.6) is 11.5 Å². The molecule has 0 aliphatic heterocycles. The smallest absolute Gasteiger partial charge is 0.270 e. The zero-order valence-corrected chi connectivity index (χ0v) is 15.9. The van der Waals surface area contributed by atoms with Gasteiger partial charge in [0, 0.05) is 12.1 Å². The molecule has 2 aromatic heterocycles. The number of aromatic nitrogens is 3. The Morgan fingerprint density at radius 2 is 1.82 bits per heavy atom. The molecule has 0 unspecified atom stereocenters. The van der Waals surface area contributed by atoms with Crippen LogP contribution in [0.3, 0.4) is 0 Å². The minimum atomic E-state index is -0.316. The minimum Gasteiger partial charge on any atom is -0.497 e. The third-order valence-corrected chi connectivity index (χ3v) is 3.67. The molecule has 28 heavy (non-hydrogen) atoms. The van der Waals surface area contributed by atoms with Crippen molar-refractivity contribution in [1.82, 2.24) is 20.4 Å². The van der Waals surface area contributed by atoms with Gasteiger partial charge in [-0.3, -0.25) is 4.79 Å². The van der Waals surface area contributed by atoms with Gasteiger partial charge in [-0.05, 0) is 38.1 Å². The molecule has 0 spiro atoms. The van der Waals surface area contributed by atoms with E-state index < -0.39 is 0 Å². The normalized spacial score (nSPS) is 10.4. The van der Waals surface area contributed by atoms with E-state index in [0.717, 1.165) is 5.75 Å². The van der Waals surface area contributed by atoms with Crippen LogP contribution in [0, 0.1) is 13.8 Å². The number of hydrogen-bond donors (Lipinski definition) is 2. The van der Waals surface area contributed by atoms with Gasteiger partial charge in [-0.2, -0.15) is 0 Å².